The molecule has 4 nitrogen and oxygen atoms in total. The molecule has 0 saturated carbocycles. The molecule has 16 heavy (non-hydrogen) atoms. The predicted molar refractivity (Wildman–Crippen MR) is 69.0 cm³/mol. The number of hydrogen-bond acceptors (Lipinski definition) is 3. The van der Waals surface area contributed by atoms with Gasteiger partial charge in [0.25, 0.3) is 5.91 Å². The average molecular weight is 332 g/mol. The van der Waals surface area contributed by atoms with Crippen LogP contribution in [0.4, 0.5) is 0 Å². The molecule has 0 atom stereocenters. The number of amides is 1. The van der Waals surface area contributed by atoms with E-state index in [9.17, 15) is 4.79 Å². The third kappa shape index (κ3) is 2.93. The minimum Gasteiger partial charge on any atom is -0.379 e. The highest BCUT2D eigenvalue weighted by Gasteiger charge is 2.15. The van der Waals surface area contributed by atoms with Crippen LogP contribution >= 0.6 is 22.6 Å². The largest absolute Gasteiger partial charge is 0.379 e. The van der Waals surface area contributed by atoms with Crippen LogP contribution in [-0.2, 0) is 4.74 Å². The van der Waals surface area contributed by atoms with Crippen molar-refractivity contribution in [2.75, 3.05) is 26.3 Å². The van der Waals surface area contributed by atoms with Gasteiger partial charge in [0.1, 0.15) is 0 Å². The zero-order valence-electron chi connectivity index (χ0n) is 8.78. The number of hydrazine groups is 1. The first-order chi connectivity index (χ1) is 7.77. The Morgan fingerprint density at radius 1 is 1.31 bits per heavy atom. The minimum atomic E-state index is -0.0492. The quantitative estimate of drug-likeness (QED) is 0.830. The molecule has 1 heterocycles. The van der Waals surface area contributed by atoms with Crippen LogP contribution in [0.15, 0.2) is 24.3 Å². The van der Waals surface area contributed by atoms with Gasteiger partial charge in [0.2, 0.25) is 0 Å². The van der Waals surface area contributed by atoms with Crippen molar-refractivity contribution in [2.45, 2.75) is 0 Å². The molecule has 1 aromatic carbocycles. The SMILES string of the molecule is O=C(NN1CCOCC1)c1ccccc1I. The van der Waals surface area contributed by atoms with Gasteiger partial charge in [-0.25, -0.2) is 5.01 Å². The summed E-state index contributed by atoms with van der Waals surface area (Å²) in [5, 5.41) is 1.90. The average Bonchev–Trinajstić information content (AvgIpc) is 2.31. The van der Waals surface area contributed by atoms with Crippen LogP contribution in [0, 0.1) is 3.57 Å². The zero-order valence-corrected chi connectivity index (χ0v) is 10.9. The van der Waals surface area contributed by atoms with E-state index in [0.717, 1.165) is 22.2 Å². The molecule has 1 aliphatic heterocycles. The lowest BCUT2D eigenvalue weighted by molar-refractivity contribution is 0.0126. The molecule has 1 saturated heterocycles. The number of ether oxygens (including phenoxy) is 1. The standard InChI is InChI=1S/C11H13IN2O2/c12-10-4-2-1-3-9(10)11(15)13-14-5-7-16-8-6-14/h1-4H,5-8H2,(H,13,15). The molecule has 1 N–H and O–H groups in total. The minimum absolute atomic E-state index is 0.0492. The van der Waals surface area contributed by atoms with Gasteiger partial charge < -0.3 is 4.74 Å². The van der Waals surface area contributed by atoms with Gasteiger partial charge in [0.05, 0.1) is 18.8 Å². The van der Waals surface area contributed by atoms with Gasteiger partial charge in [-0.05, 0) is 34.7 Å². The van der Waals surface area contributed by atoms with Gasteiger partial charge in [-0.2, -0.15) is 0 Å². The van der Waals surface area contributed by atoms with Crippen LogP contribution < -0.4 is 5.43 Å². The Bertz CT molecular complexity index is 378. The molecule has 0 radical (unpaired) electrons. The summed E-state index contributed by atoms with van der Waals surface area (Å²) in [6, 6.07) is 7.55. The third-order valence-corrected chi connectivity index (χ3v) is 3.33. The van der Waals surface area contributed by atoms with Gasteiger partial charge in [-0.3, -0.25) is 10.2 Å². The van der Waals surface area contributed by atoms with Gasteiger partial charge in [-0.15, -0.1) is 0 Å². The van der Waals surface area contributed by atoms with Crippen molar-refractivity contribution in [3.8, 4) is 0 Å². The van der Waals surface area contributed by atoms with Crippen molar-refractivity contribution in [1.82, 2.24) is 10.4 Å². The molecule has 2 rings (SSSR count). The predicted octanol–water partition coefficient (Wildman–Crippen LogP) is 1.27. The molecular weight excluding hydrogens is 319 g/mol. The number of hydrogen-bond donors (Lipinski definition) is 1. The van der Waals surface area contributed by atoms with E-state index in [2.05, 4.69) is 28.0 Å². The molecule has 5 heteroatoms. The lowest BCUT2D eigenvalue weighted by Gasteiger charge is -2.27. The number of nitrogens with zero attached hydrogens (tertiary/aromatic N) is 1. The summed E-state index contributed by atoms with van der Waals surface area (Å²) in [5.74, 6) is -0.0492. The van der Waals surface area contributed by atoms with E-state index in [-0.39, 0.29) is 5.91 Å². The van der Waals surface area contributed by atoms with E-state index in [1.165, 1.54) is 0 Å². The summed E-state index contributed by atoms with van der Waals surface area (Å²) < 4.78 is 6.18. The maximum atomic E-state index is 11.9. The molecule has 0 aliphatic carbocycles. The number of carbonyl (C=O) groups excluding carboxylic acids is 1. The van der Waals surface area contributed by atoms with E-state index in [1.807, 2.05) is 29.3 Å². The van der Waals surface area contributed by atoms with Gasteiger partial charge in [0.15, 0.2) is 0 Å². The maximum absolute atomic E-state index is 11.9. The summed E-state index contributed by atoms with van der Waals surface area (Å²) in [5.41, 5.74) is 3.60. The first-order valence-electron chi connectivity index (χ1n) is 5.15. The molecule has 86 valence electrons. The molecule has 0 bridgehead atoms. The first kappa shape index (κ1) is 11.8. The van der Waals surface area contributed by atoms with Crippen molar-refractivity contribution in [1.29, 1.82) is 0 Å². The van der Waals surface area contributed by atoms with Crippen molar-refractivity contribution in [2.24, 2.45) is 0 Å². The van der Waals surface area contributed by atoms with Gasteiger partial charge in [-0.1, -0.05) is 12.1 Å². The Balaban J connectivity index is 2.00. The summed E-state index contributed by atoms with van der Waals surface area (Å²) >= 11 is 2.17. The maximum Gasteiger partial charge on any atom is 0.266 e. The van der Waals surface area contributed by atoms with Crippen LogP contribution in [0.1, 0.15) is 10.4 Å². The first-order valence-corrected chi connectivity index (χ1v) is 6.23. The van der Waals surface area contributed by atoms with Crippen LogP contribution in [0.5, 0.6) is 0 Å². The Labute approximate surface area is 108 Å². The smallest absolute Gasteiger partial charge is 0.266 e. The van der Waals surface area contributed by atoms with E-state index in [0.29, 0.717) is 13.2 Å². The second-order valence-electron chi connectivity index (χ2n) is 3.52. The molecule has 0 unspecified atom stereocenters. The Morgan fingerprint density at radius 3 is 2.69 bits per heavy atom. The van der Waals surface area contributed by atoms with E-state index >= 15 is 0 Å². The molecule has 1 fully saturated rings. The van der Waals surface area contributed by atoms with E-state index < -0.39 is 0 Å². The Kier molecular flexibility index (Phi) is 4.14. The topological polar surface area (TPSA) is 41.6 Å². The van der Waals surface area contributed by atoms with Crippen LogP contribution in [0.3, 0.4) is 0 Å². The zero-order chi connectivity index (χ0) is 11.4. The lowest BCUT2D eigenvalue weighted by Crippen LogP contribution is -2.48. The monoisotopic (exact) mass is 332 g/mol. The van der Waals surface area contributed by atoms with Crippen molar-refractivity contribution in [3.05, 3.63) is 33.4 Å². The van der Waals surface area contributed by atoms with Crippen LogP contribution in [-0.4, -0.2) is 37.2 Å². The summed E-state index contributed by atoms with van der Waals surface area (Å²) in [6.07, 6.45) is 0. The molecule has 1 aliphatic rings. The van der Waals surface area contributed by atoms with Gasteiger partial charge >= 0.3 is 0 Å². The second kappa shape index (κ2) is 5.60. The number of rotatable bonds is 2. The van der Waals surface area contributed by atoms with E-state index in [1.54, 1.807) is 0 Å². The normalized spacial score (nSPS) is 17.1. The van der Waals surface area contributed by atoms with Crippen LogP contribution in [0.2, 0.25) is 0 Å². The van der Waals surface area contributed by atoms with Crippen LogP contribution in [0.25, 0.3) is 0 Å². The third-order valence-electron chi connectivity index (χ3n) is 2.39. The highest BCUT2D eigenvalue weighted by atomic mass is 127. The van der Waals surface area contributed by atoms with Gasteiger partial charge in [0, 0.05) is 16.7 Å². The highest BCUT2D eigenvalue weighted by Crippen LogP contribution is 2.11. The lowest BCUT2D eigenvalue weighted by atomic mass is 10.2. The molecule has 0 aromatic heterocycles. The molecule has 1 amide bonds. The molecular formula is C11H13IN2O2. The number of morpholine rings is 1. The highest BCUT2D eigenvalue weighted by molar-refractivity contribution is 14.1. The number of benzene rings is 1. The van der Waals surface area contributed by atoms with Crippen molar-refractivity contribution >= 4 is 28.5 Å². The fourth-order valence-corrected chi connectivity index (χ4v) is 2.16. The second-order valence-corrected chi connectivity index (χ2v) is 4.68. The summed E-state index contributed by atoms with van der Waals surface area (Å²) in [4.78, 5) is 11.9. The molecule has 1 aromatic rings. The van der Waals surface area contributed by atoms with Crippen molar-refractivity contribution < 1.29 is 9.53 Å². The number of halogens is 1. The summed E-state index contributed by atoms with van der Waals surface area (Å²) in [6.45, 7) is 2.84. The fraction of sp³-hybridized carbons (Fsp3) is 0.364. The molecule has 0 spiro atoms. The fourth-order valence-electron chi connectivity index (χ4n) is 1.52. The van der Waals surface area contributed by atoms with Crippen molar-refractivity contribution in [3.63, 3.8) is 0 Å². The number of carbonyl (C=O) groups is 1. The Morgan fingerprint density at radius 2 is 2.00 bits per heavy atom. The Hall–Kier alpha value is -0.660. The van der Waals surface area contributed by atoms with E-state index in [4.69, 9.17) is 4.74 Å². The summed E-state index contributed by atoms with van der Waals surface area (Å²) in [7, 11) is 0. The number of nitrogens with one attached hydrogen (secondary N) is 1.